The third-order valence-electron chi connectivity index (χ3n) is 8.83. The molecule has 4 rings (SSSR count). The highest BCUT2D eigenvalue weighted by Crippen LogP contribution is 2.51. The van der Waals surface area contributed by atoms with Crippen molar-refractivity contribution in [2.24, 2.45) is 35.3 Å². The Balaban J connectivity index is 1.31. The standard InChI is InChI=1S/C23H42N2O2SSi/c1-29(2,27)19-6-7-22-20(13-19)21(15-28-22)23(26)25-10-8-17(9-11-25)18-5-3-4-16(12-18)14-24/h16-22,27H,3-15,24H2,1-2H3. The Kier molecular flexibility index (Phi) is 7.04. The first-order valence-corrected chi connectivity index (χ1v) is 16.3. The lowest BCUT2D eigenvalue weighted by Crippen LogP contribution is -2.46. The Morgan fingerprint density at radius 2 is 1.83 bits per heavy atom. The van der Waals surface area contributed by atoms with Crippen molar-refractivity contribution < 1.29 is 9.59 Å². The summed E-state index contributed by atoms with van der Waals surface area (Å²) in [6.07, 6.45) is 11.2. The molecule has 2 saturated carbocycles. The van der Waals surface area contributed by atoms with E-state index in [-0.39, 0.29) is 5.92 Å². The van der Waals surface area contributed by atoms with Crippen LogP contribution in [0, 0.1) is 29.6 Å². The van der Waals surface area contributed by atoms with Gasteiger partial charge in [0.25, 0.3) is 0 Å². The van der Waals surface area contributed by atoms with Gasteiger partial charge >= 0.3 is 0 Å². The minimum atomic E-state index is -2.10. The number of hydrogen-bond donors (Lipinski definition) is 2. The largest absolute Gasteiger partial charge is 0.432 e. The van der Waals surface area contributed by atoms with Crippen LogP contribution in [0.2, 0.25) is 18.6 Å². The monoisotopic (exact) mass is 438 g/mol. The van der Waals surface area contributed by atoms with Crippen molar-refractivity contribution in [2.75, 3.05) is 25.4 Å². The maximum atomic E-state index is 13.4. The molecular formula is C23H42N2O2SSi. The maximum Gasteiger partial charge on any atom is 0.226 e. The number of fused-ring (bicyclic) bond motifs is 1. The number of thioether (sulfide) groups is 1. The topological polar surface area (TPSA) is 66.6 Å². The summed E-state index contributed by atoms with van der Waals surface area (Å²) < 4.78 is 0. The number of carbonyl (C=O) groups excluding carboxylic acids is 1. The van der Waals surface area contributed by atoms with E-state index in [2.05, 4.69) is 18.0 Å². The van der Waals surface area contributed by atoms with Crippen LogP contribution in [0.5, 0.6) is 0 Å². The summed E-state index contributed by atoms with van der Waals surface area (Å²) in [4.78, 5) is 26.3. The van der Waals surface area contributed by atoms with Crippen LogP contribution in [0.3, 0.4) is 0 Å². The quantitative estimate of drug-likeness (QED) is 0.649. The van der Waals surface area contributed by atoms with Crippen LogP contribution in [0.1, 0.15) is 57.8 Å². The van der Waals surface area contributed by atoms with Gasteiger partial charge < -0.3 is 15.4 Å². The number of hydrogen-bond acceptors (Lipinski definition) is 4. The van der Waals surface area contributed by atoms with E-state index in [0.29, 0.717) is 22.6 Å². The van der Waals surface area contributed by atoms with Gasteiger partial charge in [-0.05, 0) is 93.8 Å². The van der Waals surface area contributed by atoms with E-state index in [1.165, 1.54) is 51.4 Å². The van der Waals surface area contributed by atoms with E-state index in [9.17, 15) is 9.59 Å². The van der Waals surface area contributed by atoms with E-state index < -0.39 is 8.32 Å². The molecule has 6 atom stereocenters. The van der Waals surface area contributed by atoms with Gasteiger partial charge in [0.05, 0.1) is 5.92 Å². The Labute approximate surface area is 182 Å². The molecule has 0 aromatic heterocycles. The van der Waals surface area contributed by atoms with Gasteiger partial charge in [-0.1, -0.05) is 12.8 Å². The molecule has 2 aliphatic heterocycles. The summed E-state index contributed by atoms with van der Waals surface area (Å²) in [6.45, 7) is 6.96. The summed E-state index contributed by atoms with van der Waals surface area (Å²) in [5.41, 5.74) is 6.43. The van der Waals surface area contributed by atoms with Gasteiger partial charge in [0.2, 0.25) is 5.91 Å². The number of rotatable bonds is 4. The molecule has 29 heavy (non-hydrogen) atoms. The van der Waals surface area contributed by atoms with E-state index >= 15 is 0 Å². The number of amides is 1. The lowest BCUT2D eigenvalue weighted by molar-refractivity contribution is -0.138. The van der Waals surface area contributed by atoms with Gasteiger partial charge in [0, 0.05) is 24.1 Å². The molecule has 2 aliphatic carbocycles. The van der Waals surface area contributed by atoms with Crippen molar-refractivity contribution in [2.45, 2.75) is 81.7 Å². The molecule has 4 nitrogen and oxygen atoms in total. The lowest BCUT2D eigenvalue weighted by atomic mass is 9.72. The highest BCUT2D eigenvalue weighted by atomic mass is 32.2. The number of nitrogens with two attached hydrogens (primary N) is 1. The van der Waals surface area contributed by atoms with Gasteiger partial charge in [-0.25, -0.2) is 0 Å². The van der Waals surface area contributed by atoms with E-state index in [1.807, 2.05) is 11.8 Å². The zero-order valence-electron chi connectivity index (χ0n) is 18.5. The first-order chi connectivity index (χ1) is 13.9. The van der Waals surface area contributed by atoms with Crippen LogP contribution >= 0.6 is 11.8 Å². The molecule has 0 bridgehead atoms. The second-order valence-corrected chi connectivity index (χ2v) is 16.4. The maximum absolute atomic E-state index is 13.4. The Morgan fingerprint density at radius 3 is 2.52 bits per heavy atom. The fraction of sp³-hybridized carbons (Fsp3) is 0.957. The zero-order chi connectivity index (χ0) is 20.6. The van der Waals surface area contributed by atoms with Crippen LogP contribution in [-0.2, 0) is 4.79 Å². The van der Waals surface area contributed by atoms with Crippen LogP contribution in [-0.4, -0.2) is 54.6 Å². The lowest BCUT2D eigenvalue weighted by Gasteiger charge is -2.41. The molecule has 1 amide bonds. The fourth-order valence-electron chi connectivity index (χ4n) is 6.86. The Bertz CT molecular complexity index is 576. The first-order valence-electron chi connectivity index (χ1n) is 12.2. The van der Waals surface area contributed by atoms with Crippen LogP contribution in [0.25, 0.3) is 0 Å². The van der Waals surface area contributed by atoms with Crippen LogP contribution in [0.4, 0.5) is 0 Å². The minimum absolute atomic E-state index is 0.206. The molecule has 4 aliphatic rings. The molecule has 3 N–H and O–H groups in total. The smallest absolute Gasteiger partial charge is 0.226 e. The SMILES string of the molecule is C[Si](C)(O)C1CCC2SCC(C(=O)N3CCC(C4CCCC(CN)C4)CC3)C2C1. The second kappa shape index (κ2) is 9.21. The summed E-state index contributed by atoms with van der Waals surface area (Å²) >= 11 is 2.04. The first kappa shape index (κ1) is 22.2. The molecule has 2 saturated heterocycles. The van der Waals surface area contributed by atoms with Crippen molar-refractivity contribution in [3.63, 3.8) is 0 Å². The van der Waals surface area contributed by atoms with Crippen molar-refractivity contribution in [1.29, 1.82) is 0 Å². The van der Waals surface area contributed by atoms with Gasteiger partial charge in [-0.3, -0.25) is 4.79 Å². The molecule has 0 spiro atoms. The number of nitrogens with zero attached hydrogens (tertiary/aromatic N) is 1. The average Bonchev–Trinajstić information content (AvgIpc) is 3.16. The average molecular weight is 439 g/mol. The summed E-state index contributed by atoms with van der Waals surface area (Å²) in [5.74, 6) is 4.54. The predicted octanol–water partition coefficient (Wildman–Crippen LogP) is 4.09. The summed E-state index contributed by atoms with van der Waals surface area (Å²) in [7, 11) is -2.10. The molecule has 0 aromatic carbocycles. The number of carbonyl (C=O) groups is 1. The van der Waals surface area contributed by atoms with Crippen LogP contribution < -0.4 is 5.73 Å². The van der Waals surface area contributed by atoms with Gasteiger partial charge in [-0.15, -0.1) is 0 Å². The normalized spacial score (nSPS) is 39.4. The predicted molar refractivity (Wildman–Crippen MR) is 124 cm³/mol. The third kappa shape index (κ3) is 4.91. The van der Waals surface area contributed by atoms with E-state index in [0.717, 1.165) is 49.6 Å². The van der Waals surface area contributed by atoms with Gasteiger partial charge in [0.15, 0.2) is 8.32 Å². The highest BCUT2D eigenvalue weighted by molar-refractivity contribution is 8.00. The molecule has 166 valence electrons. The van der Waals surface area contributed by atoms with Gasteiger partial charge in [0.1, 0.15) is 0 Å². The summed E-state index contributed by atoms with van der Waals surface area (Å²) in [6, 6.07) is 0. The second-order valence-electron chi connectivity index (χ2n) is 11.0. The van der Waals surface area contributed by atoms with Crippen molar-refractivity contribution in [3.05, 3.63) is 0 Å². The Hall–Kier alpha value is -0.0431. The molecule has 0 radical (unpaired) electrons. The third-order valence-corrected chi connectivity index (χ3v) is 12.9. The van der Waals surface area contributed by atoms with E-state index in [1.54, 1.807) is 0 Å². The molecule has 6 heteroatoms. The van der Waals surface area contributed by atoms with Crippen LogP contribution in [0.15, 0.2) is 0 Å². The minimum Gasteiger partial charge on any atom is -0.432 e. The van der Waals surface area contributed by atoms with Crippen molar-refractivity contribution in [3.8, 4) is 0 Å². The molecular weight excluding hydrogens is 396 g/mol. The highest BCUT2D eigenvalue weighted by Gasteiger charge is 2.48. The number of likely N-dealkylation sites (tertiary alicyclic amines) is 1. The molecule has 4 fully saturated rings. The molecule has 2 heterocycles. The van der Waals surface area contributed by atoms with Gasteiger partial charge in [-0.2, -0.15) is 11.8 Å². The summed E-state index contributed by atoms with van der Waals surface area (Å²) in [5, 5.41) is 0.657. The Morgan fingerprint density at radius 1 is 1.07 bits per heavy atom. The zero-order valence-corrected chi connectivity index (χ0v) is 20.3. The van der Waals surface area contributed by atoms with Crippen molar-refractivity contribution >= 4 is 26.0 Å². The van der Waals surface area contributed by atoms with E-state index in [4.69, 9.17) is 5.73 Å². The molecule has 0 aromatic rings. The number of piperidine rings is 1. The molecule has 6 unspecified atom stereocenters. The fourth-order valence-corrected chi connectivity index (χ4v) is 10.3. The van der Waals surface area contributed by atoms with Crippen molar-refractivity contribution in [1.82, 2.24) is 4.90 Å².